The minimum atomic E-state index is 0.117. The molecule has 0 spiro atoms. The summed E-state index contributed by atoms with van der Waals surface area (Å²) in [5.41, 5.74) is 3.08. The van der Waals surface area contributed by atoms with Crippen LogP contribution in [-0.4, -0.2) is 22.4 Å². The molecule has 2 aromatic carbocycles. The summed E-state index contributed by atoms with van der Waals surface area (Å²) in [5.74, 6) is 0.385. The normalized spacial score (nSPS) is 14.5. The van der Waals surface area contributed by atoms with Gasteiger partial charge < -0.3 is 0 Å². The second kappa shape index (κ2) is 9.34. The number of amides is 1. The van der Waals surface area contributed by atoms with Crippen LogP contribution in [0.3, 0.4) is 0 Å². The van der Waals surface area contributed by atoms with Crippen LogP contribution in [0.2, 0.25) is 15.1 Å². The molecule has 0 atom stereocenters. The number of hydrogen-bond donors (Lipinski definition) is 0. The van der Waals surface area contributed by atoms with E-state index in [0.29, 0.717) is 26.7 Å². The van der Waals surface area contributed by atoms with Crippen molar-refractivity contribution in [1.29, 1.82) is 0 Å². The monoisotopic (exact) mass is 459 g/mol. The fourth-order valence-corrected chi connectivity index (χ4v) is 4.50. The van der Waals surface area contributed by atoms with Gasteiger partial charge in [0.1, 0.15) is 0 Å². The SMILES string of the molecule is O=CN(c1ncc(-c2ccc(Cl)cc2)c(-c2ccc(Cl)cc2Cl)n1)C1CCCCC1. The molecule has 4 nitrogen and oxygen atoms in total. The molecule has 1 aliphatic carbocycles. The van der Waals surface area contributed by atoms with Gasteiger partial charge in [0.05, 0.1) is 10.7 Å². The largest absolute Gasteiger partial charge is 0.280 e. The van der Waals surface area contributed by atoms with Crippen molar-refractivity contribution in [2.45, 2.75) is 38.1 Å². The molecule has 0 unspecified atom stereocenters. The van der Waals surface area contributed by atoms with Crippen molar-refractivity contribution in [3.05, 3.63) is 63.7 Å². The van der Waals surface area contributed by atoms with Crippen LogP contribution in [0.5, 0.6) is 0 Å². The van der Waals surface area contributed by atoms with Gasteiger partial charge in [0.15, 0.2) is 0 Å². The van der Waals surface area contributed by atoms with Gasteiger partial charge in [-0.25, -0.2) is 9.97 Å². The Kier molecular flexibility index (Phi) is 6.57. The summed E-state index contributed by atoms with van der Waals surface area (Å²) in [6, 6.07) is 12.9. The molecule has 0 saturated heterocycles. The van der Waals surface area contributed by atoms with Crippen LogP contribution < -0.4 is 4.90 Å². The van der Waals surface area contributed by atoms with Crippen LogP contribution in [0.4, 0.5) is 5.95 Å². The average Bonchev–Trinajstić information content (AvgIpc) is 2.76. The molecule has 1 saturated carbocycles. The summed E-state index contributed by atoms with van der Waals surface area (Å²) in [6.45, 7) is 0. The van der Waals surface area contributed by atoms with E-state index in [0.717, 1.165) is 48.8 Å². The molecule has 7 heteroatoms. The molecule has 154 valence electrons. The van der Waals surface area contributed by atoms with E-state index in [9.17, 15) is 4.79 Å². The van der Waals surface area contributed by atoms with Gasteiger partial charge in [0, 0.05) is 33.4 Å². The summed E-state index contributed by atoms with van der Waals surface area (Å²) < 4.78 is 0. The highest BCUT2D eigenvalue weighted by Crippen LogP contribution is 2.37. The maximum absolute atomic E-state index is 11.9. The van der Waals surface area contributed by atoms with Gasteiger partial charge in [-0.2, -0.15) is 0 Å². The van der Waals surface area contributed by atoms with Crippen molar-refractivity contribution in [2.75, 3.05) is 4.90 Å². The number of anilines is 1. The molecule has 0 aliphatic heterocycles. The number of halogens is 3. The first-order chi connectivity index (χ1) is 14.6. The lowest BCUT2D eigenvalue weighted by Gasteiger charge is -2.30. The lowest BCUT2D eigenvalue weighted by atomic mass is 9.94. The summed E-state index contributed by atoms with van der Waals surface area (Å²) in [5, 5.41) is 1.67. The predicted molar refractivity (Wildman–Crippen MR) is 123 cm³/mol. The number of aromatic nitrogens is 2. The van der Waals surface area contributed by atoms with Crippen molar-refractivity contribution in [3.8, 4) is 22.4 Å². The van der Waals surface area contributed by atoms with Crippen molar-refractivity contribution in [3.63, 3.8) is 0 Å². The maximum atomic E-state index is 11.9. The first kappa shape index (κ1) is 21.1. The molecule has 1 heterocycles. The van der Waals surface area contributed by atoms with E-state index < -0.39 is 0 Å². The molecule has 0 N–H and O–H groups in total. The number of benzene rings is 2. The summed E-state index contributed by atoms with van der Waals surface area (Å²) in [7, 11) is 0. The number of rotatable bonds is 5. The highest BCUT2D eigenvalue weighted by Gasteiger charge is 2.24. The molecule has 1 amide bonds. The highest BCUT2D eigenvalue weighted by atomic mass is 35.5. The van der Waals surface area contributed by atoms with Crippen LogP contribution in [0.25, 0.3) is 22.4 Å². The molecule has 0 radical (unpaired) electrons. The highest BCUT2D eigenvalue weighted by molar-refractivity contribution is 6.36. The van der Waals surface area contributed by atoms with Crippen LogP contribution in [0.15, 0.2) is 48.7 Å². The Morgan fingerprint density at radius 1 is 0.900 bits per heavy atom. The second-order valence-electron chi connectivity index (χ2n) is 7.37. The van der Waals surface area contributed by atoms with E-state index in [1.807, 2.05) is 30.3 Å². The number of carbonyl (C=O) groups is 1. The van der Waals surface area contributed by atoms with Gasteiger partial charge in [-0.1, -0.05) is 66.2 Å². The second-order valence-corrected chi connectivity index (χ2v) is 8.65. The zero-order valence-corrected chi connectivity index (χ0v) is 18.5. The first-order valence-electron chi connectivity index (χ1n) is 9.89. The van der Waals surface area contributed by atoms with E-state index in [4.69, 9.17) is 39.8 Å². The Hall–Kier alpha value is -2.14. The van der Waals surface area contributed by atoms with E-state index in [1.165, 1.54) is 6.42 Å². The Labute approximate surface area is 190 Å². The molecular formula is C23H20Cl3N3O. The van der Waals surface area contributed by atoms with Crippen LogP contribution >= 0.6 is 34.8 Å². The molecule has 1 fully saturated rings. The van der Waals surface area contributed by atoms with Gasteiger partial charge >= 0.3 is 0 Å². The Bertz CT molecular complexity index is 1050. The topological polar surface area (TPSA) is 46.1 Å². The van der Waals surface area contributed by atoms with E-state index in [1.54, 1.807) is 23.2 Å². The Morgan fingerprint density at radius 3 is 2.27 bits per heavy atom. The standard InChI is InChI=1S/C23H20Cl3N3O/c24-16-8-6-15(7-9-16)20-13-27-23(29(14-30)18-4-2-1-3-5-18)28-22(20)19-11-10-17(25)12-21(19)26/h6-14,18H,1-5H2. The molecule has 1 aliphatic rings. The third-order valence-electron chi connectivity index (χ3n) is 5.43. The zero-order chi connectivity index (χ0) is 21.1. The van der Waals surface area contributed by atoms with E-state index >= 15 is 0 Å². The summed E-state index contributed by atoms with van der Waals surface area (Å²) >= 11 is 18.7. The lowest BCUT2D eigenvalue weighted by molar-refractivity contribution is -0.108. The third kappa shape index (κ3) is 4.46. The summed E-state index contributed by atoms with van der Waals surface area (Å²) in [4.78, 5) is 22.9. The quantitative estimate of drug-likeness (QED) is 0.383. The van der Waals surface area contributed by atoms with E-state index in [-0.39, 0.29) is 6.04 Å². The molecule has 4 rings (SSSR count). The lowest BCUT2D eigenvalue weighted by Crippen LogP contribution is -2.37. The van der Waals surface area contributed by atoms with E-state index in [2.05, 4.69) is 4.98 Å². The molecular weight excluding hydrogens is 441 g/mol. The van der Waals surface area contributed by atoms with Crippen LogP contribution in [0, 0.1) is 0 Å². The van der Waals surface area contributed by atoms with Crippen LogP contribution in [0.1, 0.15) is 32.1 Å². The number of carbonyl (C=O) groups excluding carboxylic acids is 1. The minimum Gasteiger partial charge on any atom is -0.280 e. The van der Waals surface area contributed by atoms with Gasteiger partial charge in [-0.05, 0) is 48.7 Å². The number of nitrogens with zero attached hydrogens (tertiary/aromatic N) is 3. The molecule has 0 bridgehead atoms. The van der Waals surface area contributed by atoms with Gasteiger partial charge in [0.2, 0.25) is 12.4 Å². The maximum Gasteiger partial charge on any atom is 0.232 e. The van der Waals surface area contributed by atoms with Crippen molar-refractivity contribution >= 4 is 47.2 Å². The van der Waals surface area contributed by atoms with Gasteiger partial charge in [-0.15, -0.1) is 0 Å². The first-order valence-corrected chi connectivity index (χ1v) is 11.0. The van der Waals surface area contributed by atoms with Crippen molar-refractivity contribution < 1.29 is 4.79 Å². The Balaban J connectivity index is 1.85. The molecule has 3 aromatic rings. The predicted octanol–water partition coefficient (Wildman–Crippen LogP) is 7.07. The zero-order valence-electron chi connectivity index (χ0n) is 16.2. The van der Waals surface area contributed by atoms with Crippen LogP contribution in [-0.2, 0) is 4.79 Å². The number of hydrogen-bond acceptors (Lipinski definition) is 3. The van der Waals surface area contributed by atoms with Gasteiger partial charge in [0.25, 0.3) is 0 Å². The third-order valence-corrected chi connectivity index (χ3v) is 6.23. The smallest absolute Gasteiger partial charge is 0.232 e. The van der Waals surface area contributed by atoms with Crippen molar-refractivity contribution in [2.24, 2.45) is 0 Å². The van der Waals surface area contributed by atoms with Crippen molar-refractivity contribution in [1.82, 2.24) is 9.97 Å². The fourth-order valence-electron chi connectivity index (χ4n) is 3.88. The molecule has 1 aromatic heterocycles. The molecule has 30 heavy (non-hydrogen) atoms. The minimum absolute atomic E-state index is 0.117. The average molecular weight is 461 g/mol. The van der Waals surface area contributed by atoms with Gasteiger partial charge in [-0.3, -0.25) is 9.69 Å². The summed E-state index contributed by atoms with van der Waals surface area (Å²) in [6.07, 6.45) is 7.90. The fraction of sp³-hybridized carbons (Fsp3) is 0.261. The Morgan fingerprint density at radius 2 is 1.60 bits per heavy atom.